The van der Waals surface area contributed by atoms with E-state index in [1.54, 1.807) is 18.2 Å². The summed E-state index contributed by atoms with van der Waals surface area (Å²) in [5.74, 6) is -0.759. The predicted molar refractivity (Wildman–Crippen MR) is 94.7 cm³/mol. The van der Waals surface area contributed by atoms with E-state index in [0.717, 1.165) is 5.56 Å². The van der Waals surface area contributed by atoms with Gasteiger partial charge in [-0.1, -0.05) is 35.3 Å². The van der Waals surface area contributed by atoms with Gasteiger partial charge < -0.3 is 5.32 Å². The van der Waals surface area contributed by atoms with Crippen molar-refractivity contribution < 1.29 is 9.18 Å². The number of anilines is 1. The number of nitrogens with one attached hydrogen (secondary N) is 1. The van der Waals surface area contributed by atoms with Crippen LogP contribution in [0.2, 0.25) is 10.0 Å². The highest BCUT2D eigenvalue weighted by atomic mass is 35.5. The fraction of sp³-hybridized carbons (Fsp3) is 0.118. The Balaban J connectivity index is 1.63. The third-order valence-electron chi connectivity index (χ3n) is 3.55. The van der Waals surface area contributed by atoms with Gasteiger partial charge in [-0.3, -0.25) is 4.79 Å². The molecule has 5 nitrogen and oxygen atoms in total. The molecule has 1 N–H and O–H groups in total. The van der Waals surface area contributed by atoms with Crippen molar-refractivity contribution in [2.45, 2.75) is 12.8 Å². The van der Waals surface area contributed by atoms with Gasteiger partial charge in [0.05, 0.1) is 10.0 Å². The number of aryl methyl sites for hydroxylation is 1. The summed E-state index contributed by atoms with van der Waals surface area (Å²) < 4.78 is 15.4. The summed E-state index contributed by atoms with van der Waals surface area (Å²) >= 11 is 12.0. The van der Waals surface area contributed by atoms with Crippen molar-refractivity contribution in [3.05, 3.63) is 70.5 Å². The summed E-state index contributed by atoms with van der Waals surface area (Å²) in [6, 6.07) is 9.64. The minimum atomic E-state index is -0.513. The predicted octanol–water partition coefficient (Wildman–Crippen LogP) is 4.28. The third-order valence-corrected chi connectivity index (χ3v) is 4.41. The number of carbonyl (C=O) groups is 1. The van der Waals surface area contributed by atoms with Crippen LogP contribution in [0.5, 0.6) is 0 Å². The zero-order valence-electron chi connectivity index (χ0n) is 12.9. The standard InChI is InChI=1S/C17H13Cl2FN4O/c18-13-3-1-2-11(17(13)19)4-7-16(25)23-12-5-6-15(14(20)8-12)24-10-21-9-22-24/h1-3,5-6,8-10H,4,7H2,(H,23,25). The largest absolute Gasteiger partial charge is 0.326 e. The third kappa shape index (κ3) is 4.15. The van der Waals surface area contributed by atoms with Crippen LogP contribution in [0.1, 0.15) is 12.0 Å². The highest BCUT2D eigenvalue weighted by Gasteiger charge is 2.10. The number of hydrogen-bond acceptors (Lipinski definition) is 3. The number of halogens is 3. The number of amides is 1. The number of carbonyl (C=O) groups excluding carboxylic acids is 1. The van der Waals surface area contributed by atoms with Gasteiger partial charge in [0, 0.05) is 12.1 Å². The van der Waals surface area contributed by atoms with Crippen LogP contribution < -0.4 is 5.32 Å². The van der Waals surface area contributed by atoms with E-state index < -0.39 is 5.82 Å². The van der Waals surface area contributed by atoms with E-state index in [2.05, 4.69) is 15.4 Å². The van der Waals surface area contributed by atoms with Gasteiger partial charge >= 0.3 is 0 Å². The maximum Gasteiger partial charge on any atom is 0.224 e. The van der Waals surface area contributed by atoms with Crippen molar-refractivity contribution in [3.63, 3.8) is 0 Å². The van der Waals surface area contributed by atoms with E-state index in [-0.39, 0.29) is 18.0 Å². The first-order valence-corrected chi connectivity index (χ1v) is 8.17. The summed E-state index contributed by atoms with van der Waals surface area (Å²) in [5.41, 5.74) is 1.40. The molecule has 3 aromatic rings. The van der Waals surface area contributed by atoms with Crippen molar-refractivity contribution in [3.8, 4) is 5.69 Å². The Morgan fingerprint density at radius 1 is 1.24 bits per heavy atom. The first-order valence-electron chi connectivity index (χ1n) is 7.42. The van der Waals surface area contributed by atoms with Crippen LogP contribution in [0.3, 0.4) is 0 Å². The Morgan fingerprint density at radius 3 is 2.80 bits per heavy atom. The Hall–Kier alpha value is -2.44. The Morgan fingerprint density at radius 2 is 2.08 bits per heavy atom. The molecular weight excluding hydrogens is 366 g/mol. The highest BCUT2D eigenvalue weighted by molar-refractivity contribution is 6.42. The first kappa shape index (κ1) is 17.4. The first-order chi connectivity index (χ1) is 12.0. The van der Waals surface area contributed by atoms with Crippen LogP contribution in [0.15, 0.2) is 49.1 Å². The molecule has 0 aliphatic rings. The van der Waals surface area contributed by atoms with E-state index in [4.69, 9.17) is 23.2 Å². The number of aromatic nitrogens is 3. The quantitative estimate of drug-likeness (QED) is 0.720. The van der Waals surface area contributed by atoms with Gasteiger partial charge in [0.1, 0.15) is 18.3 Å². The summed E-state index contributed by atoms with van der Waals surface area (Å²) in [7, 11) is 0. The highest BCUT2D eigenvalue weighted by Crippen LogP contribution is 2.26. The van der Waals surface area contributed by atoms with Crippen molar-refractivity contribution in [2.24, 2.45) is 0 Å². The van der Waals surface area contributed by atoms with Crippen molar-refractivity contribution >= 4 is 34.8 Å². The normalized spacial score (nSPS) is 10.7. The molecule has 0 unspecified atom stereocenters. The maximum absolute atomic E-state index is 14.1. The van der Waals surface area contributed by atoms with Crippen molar-refractivity contribution in [1.29, 1.82) is 0 Å². The fourth-order valence-corrected chi connectivity index (χ4v) is 2.73. The molecule has 0 saturated heterocycles. The lowest BCUT2D eigenvalue weighted by molar-refractivity contribution is -0.116. The molecule has 0 fully saturated rings. The van der Waals surface area contributed by atoms with Crippen LogP contribution in [-0.4, -0.2) is 20.7 Å². The number of hydrogen-bond donors (Lipinski definition) is 1. The summed E-state index contributed by atoms with van der Waals surface area (Å²) in [4.78, 5) is 15.8. The summed E-state index contributed by atoms with van der Waals surface area (Å²) in [6.07, 6.45) is 3.35. The van der Waals surface area contributed by atoms with Crippen LogP contribution in [0.25, 0.3) is 5.69 Å². The number of benzene rings is 2. The van der Waals surface area contributed by atoms with Crippen molar-refractivity contribution in [1.82, 2.24) is 14.8 Å². The number of nitrogens with zero attached hydrogens (tertiary/aromatic N) is 3. The molecule has 0 bridgehead atoms. The molecule has 25 heavy (non-hydrogen) atoms. The van der Waals surface area contributed by atoms with Gasteiger partial charge in [0.2, 0.25) is 5.91 Å². The monoisotopic (exact) mass is 378 g/mol. The molecule has 0 saturated carbocycles. The summed E-state index contributed by atoms with van der Waals surface area (Å²) in [6.45, 7) is 0. The van der Waals surface area contributed by atoms with Gasteiger partial charge in [0.15, 0.2) is 5.82 Å². The Labute approximate surface area is 153 Å². The minimum Gasteiger partial charge on any atom is -0.326 e. The van der Waals surface area contributed by atoms with Crippen LogP contribution in [0, 0.1) is 5.82 Å². The molecule has 3 rings (SSSR count). The molecular formula is C17H13Cl2FN4O. The topological polar surface area (TPSA) is 59.8 Å². The second-order valence-electron chi connectivity index (χ2n) is 5.27. The van der Waals surface area contributed by atoms with Crippen molar-refractivity contribution in [2.75, 3.05) is 5.32 Å². The van der Waals surface area contributed by atoms with Gasteiger partial charge in [-0.2, -0.15) is 5.10 Å². The molecule has 0 aliphatic carbocycles. The molecule has 1 aromatic heterocycles. The van der Waals surface area contributed by atoms with Gasteiger partial charge in [-0.25, -0.2) is 14.1 Å². The second kappa shape index (κ2) is 7.63. The van der Waals surface area contributed by atoms with Crippen LogP contribution in [-0.2, 0) is 11.2 Å². The van der Waals surface area contributed by atoms with E-state index >= 15 is 0 Å². The van der Waals surface area contributed by atoms with E-state index in [9.17, 15) is 9.18 Å². The molecule has 0 spiro atoms. The lowest BCUT2D eigenvalue weighted by Crippen LogP contribution is -2.13. The molecule has 0 atom stereocenters. The molecule has 0 aliphatic heterocycles. The van der Waals surface area contributed by atoms with Gasteiger partial charge in [0.25, 0.3) is 0 Å². The maximum atomic E-state index is 14.1. The van der Waals surface area contributed by atoms with E-state index in [1.165, 1.54) is 29.5 Å². The lowest BCUT2D eigenvalue weighted by atomic mass is 10.1. The SMILES string of the molecule is O=C(CCc1cccc(Cl)c1Cl)Nc1ccc(-n2cncn2)c(F)c1. The zero-order chi connectivity index (χ0) is 17.8. The molecule has 1 amide bonds. The van der Waals surface area contributed by atoms with Crippen LogP contribution in [0.4, 0.5) is 10.1 Å². The second-order valence-corrected chi connectivity index (χ2v) is 6.05. The zero-order valence-corrected chi connectivity index (χ0v) is 14.4. The molecule has 2 aromatic carbocycles. The van der Waals surface area contributed by atoms with Gasteiger partial charge in [-0.05, 0) is 36.2 Å². The molecule has 1 heterocycles. The van der Waals surface area contributed by atoms with Gasteiger partial charge in [-0.15, -0.1) is 0 Å². The Kier molecular flexibility index (Phi) is 5.31. The minimum absolute atomic E-state index is 0.201. The average Bonchev–Trinajstić information content (AvgIpc) is 3.10. The smallest absolute Gasteiger partial charge is 0.224 e. The molecule has 128 valence electrons. The molecule has 0 radical (unpaired) electrons. The number of rotatable bonds is 5. The summed E-state index contributed by atoms with van der Waals surface area (Å²) in [5, 5.41) is 7.42. The fourth-order valence-electron chi connectivity index (χ4n) is 2.32. The average molecular weight is 379 g/mol. The lowest BCUT2D eigenvalue weighted by Gasteiger charge is -2.09. The van der Waals surface area contributed by atoms with Crippen LogP contribution >= 0.6 is 23.2 Å². The molecule has 8 heteroatoms. The van der Waals surface area contributed by atoms with E-state index in [1.807, 2.05) is 6.07 Å². The Bertz CT molecular complexity index is 900. The van der Waals surface area contributed by atoms with E-state index in [0.29, 0.717) is 22.2 Å².